The second kappa shape index (κ2) is 8.43. The van der Waals surface area contributed by atoms with Gasteiger partial charge in [-0.3, -0.25) is 9.59 Å². The molecule has 3 aromatic carbocycles. The minimum atomic E-state index is -0.710. The Kier molecular flexibility index (Phi) is 5.52. The highest BCUT2D eigenvalue weighted by Crippen LogP contribution is 2.33. The van der Waals surface area contributed by atoms with Crippen molar-refractivity contribution in [1.82, 2.24) is 4.98 Å². The predicted octanol–water partition coefficient (Wildman–Crippen LogP) is 5.00. The number of nitrogens with one attached hydrogen (secondary N) is 1. The number of carbonyl (C=O) groups is 2. The molecule has 5 N–H and O–H groups in total. The summed E-state index contributed by atoms with van der Waals surface area (Å²) in [4.78, 5) is 28.5. The predicted molar refractivity (Wildman–Crippen MR) is 125 cm³/mol. The van der Waals surface area contributed by atoms with Gasteiger partial charge in [-0.05, 0) is 67.4 Å². The zero-order valence-corrected chi connectivity index (χ0v) is 17.8. The summed E-state index contributed by atoms with van der Waals surface area (Å²) < 4.78 is 5.82. The summed E-state index contributed by atoms with van der Waals surface area (Å²) >= 11 is 0. The Morgan fingerprint density at radius 3 is 2.19 bits per heavy atom. The number of aromatic amines is 1. The number of aryl methyl sites for hydroxylation is 2. The lowest BCUT2D eigenvalue weighted by molar-refractivity contribution is 0.100. The number of nitrogen functional groups attached to an aromatic ring is 1. The number of hydrogen-bond acceptors (Lipinski definition) is 4. The van der Waals surface area contributed by atoms with Crippen LogP contribution >= 0.6 is 0 Å². The molecule has 0 atom stereocenters. The van der Waals surface area contributed by atoms with Gasteiger partial charge in [-0.25, -0.2) is 0 Å². The lowest BCUT2D eigenvalue weighted by Crippen LogP contribution is -2.14. The van der Waals surface area contributed by atoms with E-state index in [9.17, 15) is 9.59 Å². The largest absolute Gasteiger partial charge is 0.457 e. The number of H-pyrrole nitrogens is 1. The first-order valence-corrected chi connectivity index (χ1v) is 10.1. The third-order valence-corrected chi connectivity index (χ3v) is 5.27. The van der Waals surface area contributed by atoms with E-state index in [1.54, 1.807) is 30.3 Å². The average molecular weight is 425 g/mol. The number of aromatic nitrogens is 1. The quantitative estimate of drug-likeness (QED) is 0.377. The van der Waals surface area contributed by atoms with Crippen LogP contribution in [-0.4, -0.2) is 16.7 Å². The Morgan fingerprint density at radius 2 is 1.53 bits per heavy atom. The van der Waals surface area contributed by atoms with Crippen LogP contribution in [0.5, 0.6) is 11.5 Å². The molecule has 6 nitrogen and oxygen atoms in total. The topological polar surface area (TPSA) is 111 Å². The van der Waals surface area contributed by atoms with Crippen LogP contribution in [0.2, 0.25) is 0 Å². The van der Waals surface area contributed by atoms with E-state index < -0.39 is 5.91 Å². The van der Waals surface area contributed by atoms with Crippen molar-refractivity contribution in [2.75, 3.05) is 5.73 Å². The van der Waals surface area contributed by atoms with E-state index in [0.29, 0.717) is 28.3 Å². The number of ketones is 1. The molecule has 160 valence electrons. The number of anilines is 1. The number of nitrogens with two attached hydrogens (primary N) is 2. The van der Waals surface area contributed by atoms with Gasteiger partial charge in [0.1, 0.15) is 17.2 Å². The summed E-state index contributed by atoms with van der Waals surface area (Å²) in [7, 11) is 0. The molecular weight excluding hydrogens is 402 g/mol. The van der Waals surface area contributed by atoms with Crippen molar-refractivity contribution in [2.24, 2.45) is 5.73 Å². The van der Waals surface area contributed by atoms with Crippen molar-refractivity contribution in [2.45, 2.75) is 13.8 Å². The lowest BCUT2D eigenvalue weighted by Gasteiger charge is -2.07. The van der Waals surface area contributed by atoms with Crippen molar-refractivity contribution in [3.63, 3.8) is 0 Å². The second-order valence-corrected chi connectivity index (χ2v) is 7.61. The minimum Gasteiger partial charge on any atom is -0.457 e. The fourth-order valence-electron chi connectivity index (χ4n) is 3.60. The number of benzene rings is 3. The Bertz CT molecular complexity index is 1310. The zero-order valence-electron chi connectivity index (χ0n) is 17.8. The third-order valence-electron chi connectivity index (χ3n) is 5.27. The van der Waals surface area contributed by atoms with E-state index >= 15 is 0 Å². The van der Waals surface area contributed by atoms with Gasteiger partial charge in [-0.1, -0.05) is 35.9 Å². The number of hydrogen-bond donors (Lipinski definition) is 3. The van der Waals surface area contributed by atoms with Crippen LogP contribution in [0.15, 0.2) is 72.8 Å². The van der Waals surface area contributed by atoms with Gasteiger partial charge in [0, 0.05) is 5.56 Å². The van der Waals surface area contributed by atoms with Crippen LogP contribution in [-0.2, 0) is 0 Å². The first kappa shape index (κ1) is 20.9. The summed E-state index contributed by atoms with van der Waals surface area (Å²) in [6.07, 6.45) is 0. The molecule has 0 aliphatic rings. The lowest BCUT2D eigenvalue weighted by atomic mass is 9.99. The molecule has 6 heteroatoms. The Balaban J connectivity index is 1.72. The van der Waals surface area contributed by atoms with Gasteiger partial charge in [-0.2, -0.15) is 0 Å². The normalized spacial score (nSPS) is 10.7. The highest BCUT2D eigenvalue weighted by molar-refractivity contribution is 6.17. The molecule has 0 saturated heterocycles. The summed E-state index contributed by atoms with van der Waals surface area (Å²) in [5, 5.41) is 0. The Hall–Kier alpha value is -4.32. The summed E-state index contributed by atoms with van der Waals surface area (Å²) in [5.41, 5.74) is 15.5. The van der Waals surface area contributed by atoms with Crippen molar-refractivity contribution in [3.8, 4) is 22.8 Å². The van der Waals surface area contributed by atoms with Crippen molar-refractivity contribution in [1.29, 1.82) is 0 Å². The standard InChI is InChI=1S/C26H23N3O3/c1-15-8-9-16(2)20(14-15)25(30)24-22(27)21(26(28)31)23(29-24)17-10-12-19(13-11-17)32-18-6-4-3-5-7-18/h3-14,29H,27H2,1-2H3,(H2,28,31). The fraction of sp³-hybridized carbons (Fsp3) is 0.0769. The molecule has 0 aliphatic heterocycles. The summed E-state index contributed by atoms with van der Waals surface area (Å²) in [6.45, 7) is 3.76. The number of primary amides is 1. The van der Waals surface area contributed by atoms with Crippen LogP contribution in [0.1, 0.15) is 37.5 Å². The van der Waals surface area contributed by atoms with Crippen molar-refractivity contribution < 1.29 is 14.3 Å². The van der Waals surface area contributed by atoms with Crippen LogP contribution < -0.4 is 16.2 Å². The molecule has 0 saturated carbocycles. The van der Waals surface area contributed by atoms with Crippen LogP contribution in [0, 0.1) is 13.8 Å². The molecule has 1 aromatic heterocycles. The van der Waals surface area contributed by atoms with Crippen molar-refractivity contribution in [3.05, 3.63) is 101 Å². The molecule has 4 aromatic rings. The van der Waals surface area contributed by atoms with E-state index in [2.05, 4.69) is 4.98 Å². The van der Waals surface area contributed by atoms with Gasteiger partial charge in [0.25, 0.3) is 5.91 Å². The minimum absolute atomic E-state index is 0.0445. The highest BCUT2D eigenvalue weighted by Gasteiger charge is 2.25. The number of amides is 1. The molecule has 0 radical (unpaired) electrons. The van der Waals surface area contributed by atoms with Gasteiger partial charge in [0.15, 0.2) is 0 Å². The van der Waals surface area contributed by atoms with E-state index in [-0.39, 0.29) is 22.7 Å². The van der Waals surface area contributed by atoms with Gasteiger partial charge in [-0.15, -0.1) is 0 Å². The van der Waals surface area contributed by atoms with E-state index in [1.807, 2.05) is 56.3 Å². The SMILES string of the molecule is Cc1ccc(C)c(C(=O)c2[nH]c(-c3ccc(Oc4ccccc4)cc3)c(C(N)=O)c2N)c1. The molecule has 32 heavy (non-hydrogen) atoms. The Labute approximate surface area is 185 Å². The molecule has 1 amide bonds. The molecule has 0 bridgehead atoms. The first-order valence-electron chi connectivity index (χ1n) is 10.1. The number of rotatable bonds is 6. The monoisotopic (exact) mass is 425 g/mol. The number of carbonyl (C=O) groups excluding carboxylic acids is 2. The van der Waals surface area contributed by atoms with E-state index in [0.717, 1.165) is 11.1 Å². The molecule has 0 spiro atoms. The third kappa shape index (κ3) is 3.98. The molecule has 0 aliphatic carbocycles. The second-order valence-electron chi connectivity index (χ2n) is 7.61. The molecule has 1 heterocycles. The van der Waals surface area contributed by atoms with E-state index in [4.69, 9.17) is 16.2 Å². The van der Waals surface area contributed by atoms with Gasteiger partial charge >= 0.3 is 0 Å². The van der Waals surface area contributed by atoms with Gasteiger partial charge in [0.05, 0.1) is 16.9 Å². The number of para-hydroxylation sites is 1. The van der Waals surface area contributed by atoms with Gasteiger partial charge < -0.3 is 21.2 Å². The zero-order chi connectivity index (χ0) is 22.8. The van der Waals surface area contributed by atoms with Crippen molar-refractivity contribution >= 4 is 17.4 Å². The molecule has 0 unspecified atom stereocenters. The summed E-state index contributed by atoms with van der Waals surface area (Å²) in [6, 6.07) is 22.1. The highest BCUT2D eigenvalue weighted by atomic mass is 16.5. The maximum Gasteiger partial charge on any atom is 0.253 e. The fourth-order valence-corrected chi connectivity index (χ4v) is 3.60. The molecule has 0 fully saturated rings. The maximum absolute atomic E-state index is 13.2. The smallest absolute Gasteiger partial charge is 0.253 e. The molecular formula is C26H23N3O3. The maximum atomic E-state index is 13.2. The summed E-state index contributed by atoms with van der Waals surface area (Å²) in [5.74, 6) is 0.343. The number of ether oxygens (including phenoxy) is 1. The average Bonchev–Trinajstić information content (AvgIpc) is 3.13. The van der Waals surface area contributed by atoms with Gasteiger partial charge in [0.2, 0.25) is 5.78 Å². The molecule has 4 rings (SSSR count). The van der Waals surface area contributed by atoms with Crippen LogP contribution in [0.25, 0.3) is 11.3 Å². The van der Waals surface area contributed by atoms with Crippen LogP contribution in [0.3, 0.4) is 0 Å². The van der Waals surface area contributed by atoms with Crippen LogP contribution in [0.4, 0.5) is 5.69 Å². The van der Waals surface area contributed by atoms with E-state index in [1.165, 1.54) is 0 Å². The Morgan fingerprint density at radius 1 is 0.875 bits per heavy atom. The first-order chi connectivity index (χ1) is 15.3.